The number of halogens is 2. The summed E-state index contributed by atoms with van der Waals surface area (Å²) in [5.74, 6) is -0.515. The van der Waals surface area contributed by atoms with E-state index >= 15 is 0 Å². The molecule has 132 valence electrons. The summed E-state index contributed by atoms with van der Waals surface area (Å²) in [7, 11) is 1.73. The number of pyridine rings is 1. The molecule has 1 aliphatic heterocycles. The van der Waals surface area contributed by atoms with Crippen LogP contribution in [0.15, 0.2) is 36.5 Å². The van der Waals surface area contributed by atoms with Gasteiger partial charge in [-0.05, 0) is 50.1 Å². The van der Waals surface area contributed by atoms with Crippen LogP contribution < -0.4 is 10.2 Å². The molecule has 2 aromatic rings. The lowest BCUT2D eigenvalue weighted by molar-refractivity contribution is 0.205. The van der Waals surface area contributed by atoms with Gasteiger partial charge in [0.25, 0.3) is 0 Å². The van der Waals surface area contributed by atoms with Crippen molar-refractivity contribution in [1.82, 2.24) is 9.88 Å². The molecule has 1 aromatic carbocycles. The molecule has 1 atom stereocenters. The first-order valence-electron chi connectivity index (χ1n) is 8.17. The summed E-state index contributed by atoms with van der Waals surface area (Å²) in [6.07, 6.45) is 3.59. The summed E-state index contributed by atoms with van der Waals surface area (Å²) in [5.41, 5.74) is 2.57. The van der Waals surface area contributed by atoms with Gasteiger partial charge in [-0.15, -0.1) is 0 Å². The summed E-state index contributed by atoms with van der Waals surface area (Å²) in [4.78, 5) is 20.8. The number of hydrogen-bond donors (Lipinski definition) is 1. The molecule has 3 rings (SSSR count). The Bertz CT molecular complexity index is 785. The Morgan fingerprint density at radius 3 is 3.00 bits per heavy atom. The van der Waals surface area contributed by atoms with Crippen molar-refractivity contribution in [2.45, 2.75) is 25.9 Å². The molecule has 0 bridgehead atoms. The van der Waals surface area contributed by atoms with Gasteiger partial charge in [-0.3, -0.25) is 4.98 Å². The first-order valence-corrected chi connectivity index (χ1v) is 8.54. The van der Waals surface area contributed by atoms with Crippen LogP contribution in [-0.4, -0.2) is 35.7 Å². The standard InChI is InChI=1S/C18H20ClFN4O/c1-12(24-10-4-5-16-17(24)6-3-9-21-16)23(2)18(25)22-13-7-8-15(20)14(19)11-13/h3,6-9,11-12H,4-5,10H2,1-2H3,(H,22,25)/t12-/m0/s1. The molecule has 2 amide bonds. The van der Waals surface area contributed by atoms with E-state index in [1.165, 1.54) is 18.2 Å². The van der Waals surface area contributed by atoms with Crippen LogP contribution >= 0.6 is 11.6 Å². The van der Waals surface area contributed by atoms with E-state index in [0.29, 0.717) is 5.69 Å². The molecule has 2 heterocycles. The van der Waals surface area contributed by atoms with Gasteiger partial charge in [-0.2, -0.15) is 0 Å². The largest absolute Gasteiger partial charge is 0.350 e. The number of rotatable bonds is 3. The number of aromatic nitrogens is 1. The van der Waals surface area contributed by atoms with Crippen molar-refractivity contribution in [2.75, 3.05) is 23.8 Å². The maximum atomic E-state index is 13.2. The minimum Gasteiger partial charge on any atom is -0.350 e. The van der Waals surface area contributed by atoms with Crippen LogP contribution in [0.5, 0.6) is 0 Å². The minimum absolute atomic E-state index is 0.0236. The second-order valence-electron chi connectivity index (χ2n) is 6.07. The number of benzene rings is 1. The predicted molar refractivity (Wildman–Crippen MR) is 97.6 cm³/mol. The predicted octanol–water partition coefficient (Wildman–Crippen LogP) is 4.14. The van der Waals surface area contributed by atoms with Gasteiger partial charge in [0.15, 0.2) is 0 Å². The van der Waals surface area contributed by atoms with Crippen molar-refractivity contribution in [3.63, 3.8) is 0 Å². The van der Waals surface area contributed by atoms with Gasteiger partial charge in [0.1, 0.15) is 12.0 Å². The fourth-order valence-electron chi connectivity index (χ4n) is 2.97. The number of nitrogens with zero attached hydrogens (tertiary/aromatic N) is 3. The van der Waals surface area contributed by atoms with Crippen molar-refractivity contribution >= 4 is 29.0 Å². The lowest BCUT2D eigenvalue weighted by atomic mass is 10.1. The van der Waals surface area contributed by atoms with Gasteiger partial charge in [0.2, 0.25) is 0 Å². The SMILES string of the molecule is C[C@@H](N(C)C(=O)Nc1ccc(F)c(Cl)c1)N1CCCc2ncccc21. The Kier molecular flexibility index (Phi) is 5.08. The van der Waals surface area contributed by atoms with Crippen LogP contribution in [0, 0.1) is 5.82 Å². The van der Waals surface area contributed by atoms with Crippen LogP contribution in [0.3, 0.4) is 0 Å². The van der Waals surface area contributed by atoms with Gasteiger partial charge in [0, 0.05) is 25.5 Å². The Morgan fingerprint density at radius 1 is 1.44 bits per heavy atom. The van der Waals surface area contributed by atoms with Crippen molar-refractivity contribution in [1.29, 1.82) is 0 Å². The van der Waals surface area contributed by atoms with Gasteiger partial charge in [0.05, 0.1) is 16.4 Å². The van der Waals surface area contributed by atoms with E-state index in [9.17, 15) is 9.18 Å². The molecule has 25 heavy (non-hydrogen) atoms. The van der Waals surface area contributed by atoms with Gasteiger partial charge >= 0.3 is 6.03 Å². The van der Waals surface area contributed by atoms with Gasteiger partial charge in [-0.25, -0.2) is 9.18 Å². The summed E-state index contributed by atoms with van der Waals surface area (Å²) in [5, 5.41) is 2.72. The summed E-state index contributed by atoms with van der Waals surface area (Å²) < 4.78 is 13.2. The number of hydrogen-bond acceptors (Lipinski definition) is 3. The summed E-state index contributed by atoms with van der Waals surface area (Å²) in [6, 6.07) is 7.76. The number of carbonyl (C=O) groups is 1. The molecule has 0 unspecified atom stereocenters. The van der Waals surface area contributed by atoms with Crippen LogP contribution in [0.4, 0.5) is 20.6 Å². The van der Waals surface area contributed by atoms with E-state index in [1.54, 1.807) is 18.1 Å². The Balaban J connectivity index is 1.73. The van der Waals surface area contributed by atoms with E-state index in [0.717, 1.165) is 30.8 Å². The number of aryl methyl sites for hydroxylation is 1. The lowest BCUT2D eigenvalue weighted by Crippen LogP contribution is -2.50. The third kappa shape index (κ3) is 3.69. The highest BCUT2D eigenvalue weighted by Crippen LogP contribution is 2.27. The van der Waals surface area contributed by atoms with Crippen molar-refractivity contribution in [2.24, 2.45) is 0 Å². The van der Waals surface area contributed by atoms with Crippen molar-refractivity contribution in [3.8, 4) is 0 Å². The average molecular weight is 363 g/mol. The quantitative estimate of drug-likeness (QED) is 0.892. The molecule has 0 fully saturated rings. The molecular weight excluding hydrogens is 343 g/mol. The smallest absolute Gasteiger partial charge is 0.323 e. The van der Waals surface area contributed by atoms with Gasteiger partial charge < -0.3 is 15.1 Å². The third-order valence-corrected chi connectivity index (χ3v) is 4.78. The molecule has 7 heteroatoms. The number of nitrogens with one attached hydrogen (secondary N) is 1. The van der Waals surface area contributed by atoms with E-state index in [1.807, 2.05) is 19.1 Å². The fourth-order valence-corrected chi connectivity index (χ4v) is 3.15. The minimum atomic E-state index is -0.515. The van der Waals surface area contributed by atoms with E-state index in [4.69, 9.17) is 11.6 Å². The highest BCUT2D eigenvalue weighted by Gasteiger charge is 2.26. The van der Waals surface area contributed by atoms with Crippen LogP contribution in [-0.2, 0) is 6.42 Å². The molecule has 0 aliphatic carbocycles. The number of amides is 2. The van der Waals surface area contributed by atoms with E-state index in [2.05, 4.69) is 15.2 Å². The first kappa shape index (κ1) is 17.5. The van der Waals surface area contributed by atoms with E-state index in [-0.39, 0.29) is 17.2 Å². The lowest BCUT2D eigenvalue weighted by Gasteiger charge is -2.39. The Labute approximate surface area is 151 Å². The highest BCUT2D eigenvalue weighted by atomic mass is 35.5. The third-order valence-electron chi connectivity index (χ3n) is 4.49. The molecule has 1 N–H and O–H groups in total. The zero-order valence-corrected chi connectivity index (χ0v) is 14.9. The van der Waals surface area contributed by atoms with Crippen molar-refractivity contribution < 1.29 is 9.18 Å². The second kappa shape index (κ2) is 7.27. The number of anilines is 2. The zero-order valence-electron chi connectivity index (χ0n) is 14.2. The molecule has 0 saturated heterocycles. The molecular formula is C18H20ClFN4O. The molecule has 1 aliphatic rings. The monoisotopic (exact) mass is 362 g/mol. The zero-order chi connectivity index (χ0) is 18.0. The number of carbonyl (C=O) groups excluding carboxylic acids is 1. The summed E-state index contributed by atoms with van der Waals surface area (Å²) >= 11 is 5.76. The highest BCUT2D eigenvalue weighted by molar-refractivity contribution is 6.31. The normalized spacial score (nSPS) is 14.6. The van der Waals surface area contributed by atoms with Crippen molar-refractivity contribution in [3.05, 3.63) is 53.1 Å². The second-order valence-corrected chi connectivity index (χ2v) is 6.48. The molecule has 0 radical (unpaired) electrons. The van der Waals surface area contributed by atoms with Crippen LogP contribution in [0.25, 0.3) is 0 Å². The molecule has 0 spiro atoms. The number of fused-ring (bicyclic) bond motifs is 1. The Morgan fingerprint density at radius 2 is 2.24 bits per heavy atom. The van der Waals surface area contributed by atoms with Crippen LogP contribution in [0.2, 0.25) is 5.02 Å². The fraction of sp³-hybridized carbons (Fsp3) is 0.333. The summed E-state index contributed by atoms with van der Waals surface area (Å²) in [6.45, 7) is 2.83. The van der Waals surface area contributed by atoms with Crippen LogP contribution in [0.1, 0.15) is 19.0 Å². The Hall–Kier alpha value is -2.34. The topological polar surface area (TPSA) is 48.5 Å². The maximum Gasteiger partial charge on any atom is 0.323 e. The molecule has 5 nitrogen and oxygen atoms in total. The number of urea groups is 1. The molecule has 0 saturated carbocycles. The molecule has 1 aromatic heterocycles. The average Bonchev–Trinajstić information content (AvgIpc) is 2.63. The first-order chi connectivity index (χ1) is 12.0. The maximum absolute atomic E-state index is 13.2. The van der Waals surface area contributed by atoms with E-state index < -0.39 is 5.82 Å². The van der Waals surface area contributed by atoms with Gasteiger partial charge in [-0.1, -0.05) is 11.6 Å².